The Kier molecular flexibility index (Phi) is 5.38. The molecule has 0 spiro atoms. The molecule has 1 atom stereocenters. The van der Waals surface area contributed by atoms with Crippen molar-refractivity contribution in [3.63, 3.8) is 0 Å². The van der Waals surface area contributed by atoms with Crippen molar-refractivity contribution in [1.29, 1.82) is 0 Å². The average molecular weight is 437 g/mol. The van der Waals surface area contributed by atoms with Crippen molar-refractivity contribution in [3.05, 3.63) is 29.3 Å². The zero-order chi connectivity index (χ0) is 22.3. The number of urea groups is 1. The lowest BCUT2D eigenvalue weighted by Gasteiger charge is -2.42. The SMILES string of the molecule is NC(=O)N1CC(OC(=O)NC2CN(c3cc(F)c(C4CCC(=O)NC4=O)c(F)c3)C2)C1. The maximum absolute atomic E-state index is 14.6. The smallest absolute Gasteiger partial charge is 0.407 e. The van der Waals surface area contributed by atoms with Gasteiger partial charge in [-0.1, -0.05) is 0 Å². The number of likely N-dealkylation sites (tertiary alicyclic amines) is 1. The fourth-order valence-corrected chi connectivity index (χ4v) is 3.88. The van der Waals surface area contributed by atoms with E-state index in [0.29, 0.717) is 13.1 Å². The molecular formula is C19H21F2N5O5. The maximum atomic E-state index is 14.6. The number of ether oxygens (including phenoxy) is 1. The second-order valence-corrected chi connectivity index (χ2v) is 7.84. The summed E-state index contributed by atoms with van der Waals surface area (Å²) in [5.74, 6) is -3.93. The molecule has 5 amide bonds. The number of piperidine rings is 1. The molecule has 3 saturated heterocycles. The number of benzene rings is 1. The summed E-state index contributed by atoms with van der Waals surface area (Å²) in [5, 5.41) is 4.75. The number of alkyl carbamates (subject to hydrolysis) is 1. The van der Waals surface area contributed by atoms with Gasteiger partial charge in [-0.15, -0.1) is 0 Å². The number of anilines is 1. The van der Waals surface area contributed by atoms with Crippen molar-refractivity contribution in [2.75, 3.05) is 31.1 Å². The first-order chi connectivity index (χ1) is 14.7. The number of hydrogen-bond acceptors (Lipinski definition) is 6. The number of hydrogen-bond donors (Lipinski definition) is 3. The molecule has 0 aliphatic carbocycles. The Hall–Kier alpha value is -3.44. The summed E-state index contributed by atoms with van der Waals surface area (Å²) in [6.07, 6.45) is -0.974. The van der Waals surface area contributed by atoms with Gasteiger partial charge in [-0.3, -0.25) is 14.9 Å². The fraction of sp³-hybridized carbons (Fsp3) is 0.474. The van der Waals surface area contributed by atoms with Crippen molar-refractivity contribution in [1.82, 2.24) is 15.5 Å². The van der Waals surface area contributed by atoms with Crippen molar-refractivity contribution < 1.29 is 32.7 Å². The molecular weight excluding hydrogens is 416 g/mol. The van der Waals surface area contributed by atoms with Gasteiger partial charge >= 0.3 is 12.1 Å². The van der Waals surface area contributed by atoms with Crippen molar-refractivity contribution in [2.24, 2.45) is 5.73 Å². The molecule has 1 aromatic carbocycles. The van der Waals surface area contributed by atoms with E-state index in [9.17, 15) is 28.0 Å². The topological polar surface area (TPSA) is 134 Å². The van der Waals surface area contributed by atoms with E-state index in [1.54, 1.807) is 4.90 Å². The van der Waals surface area contributed by atoms with Crippen LogP contribution >= 0.6 is 0 Å². The molecule has 1 aromatic rings. The van der Waals surface area contributed by atoms with Gasteiger partial charge < -0.3 is 25.6 Å². The Balaban J connectivity index is 1.30. The highest BCUT2D eigenvalue weighted by Gasteiger charge is 2.36. The number of rotatable bonds is 4. The predicted molar refractivity (Wildman–Crippen MR) is 102 cm³/mol. The quantitative estimate of drug-likeness (QED) is 0.575. The molecule has 166 valence electrons. The lowest BCUT2D eigenvalue weighted by molar-refractivity contribution is -0.134. The summed E-state index contributed by atoms with van der Waals surface area (Å²) < 4.78 is 34.4. The lowest BCUT2D eigenvalue weighted by Crippen LogP contribution is -2.62. The molecule has 3 aliphatic heterocycles. The molecule has 0 saturated carbocycles. The molecule has 31 heavy (non-hydrogen) atoms. The molecule has 0 radical (unpaired) electrons. The second kappa shape index (κ2) is 8.00. The molecule has 4 rings (SSSR count). The number of nitrogens with two attached hydrogens (primary N) is 1. The number of carbonyl (C=O) groups excluding carboxylic acids is 4. The maximum Gasteiger partial charge on any atom is 0.407 e. The van der Waals surface area contributed by atoms with Crippen molar-refractivity contribution in [2.45, 2.75) is 30.9 Å². The van der Waals surface area contributed by atoms with Crippen LogP contribution in [0, 0.1) is 11.6 Å². The summed E-state index contributed by atoms with van der Waals surface area (Å²) in [7, 11) is 0. The van der Waals surface area contributed by atoms with Crippen LogP contribution < -0.4 is 21.3 Å². The summed E-state index contributed by atoms with van der Waals surface area (Å²) >= 11 is 0. The van der Waals surface area contributed by atoms with E-state index in [1.165, 1.54) is 4.90 Å². The first kappa shape index (κ1) is 20.8. The van der Waals surface area contributed by atoms with Gasteiger partial charge in [0.1, 0.15) is 17.7 Å². The molecule has 3 fully saturated rings. The highest BCUT2D eigenvalue weighted by molar-refractivity contribution is 6.01. The first-order valence-corrected chi connectivity index (χ1v) is 9.80. The Morgan fingerprint density at radius 2 is 1.77 bits per heavy atom. The third-order valence-corrected chi connectivity index (χ3v) is 5.65. The first-order valence-electron chi connectivity index (χ1n) is 9.80. The fourth-order valence-electron chi connectivity index (χ4n) is 3.88. The van der Waals surface area contributed by atoms with E-state index < -0.39 is 47.6 Å². The van der Waals surface area contributed by atoms with Gasteiger partial charge in [-0.2, -0.15) is 0 Å². The van der Waals surface area contributed by atoms with Crippen LogP contribution in [0.3, 0.4) is 0 Å². The van der Waals surface area contributed by atoms with Crippen LogP contribution in [0.1, 0.15) is 24.3 Å². The van der Waals surface area contributed by atoms with E-state index in [2.05, 4.69) is 10.6 Å². The molecule has 3 aliphatic rings. The van der Waals surface area contributed by atoms with Gasteiger partial charge in [0.05, 0.1) is 25.0 Å². The number of primary amides is 1. The Bertz CT molecular complexity index is 923. The Labute approximate surface area is 175 Å². The second-order valence-electron chi connectivity index (χ2n) is 7.84. The van der Waals surface area contributed by atoms with E-state index in [1.807, 2.05) is 0 Å². The van der Waals surface area contributed by atoms with Crippen LogP contribution in [0.2, 0.25) is 0 Å². The minimum absolute atomic E-state index is 0.0219. The molecule has 0 aromatic heterocycles. The van der Waals surface area contributed by atoms with Gasteiger partial charge in [0.25, 0.3) is 0 Å². The van der Waals surface area contributed by atoms with Gasteiger partial charge in [-0.05, 0) is 18.6 Å². The predicted octanol–water partition coefficient (Wildman–Crippen LogP) is 0.163. The van der Waals surface area contributed by atoms with Crippen LogP contribution in [-0.4, -0.2) is 67.2 Å². The van der Waals surface area contributed by atoms with Gasteiger partial charge in [0.15, 0.2) is 0 Å². The zero-order valence-corrected chi connectivity index (χ0v) is 16.4. The number of imide groups is 1. The van der Waals surface area contributed by atoms with Crippen LogP contribution in [0.5, 0.6) is 0 Å². The average Bonchev–Trinajstić information content (AvgIpc) is 2.61. The minimum Gasteiger partial charge on any atom is -0.442 e. The van der Waals surface area contributed by atoms with E-state index >= 15 is 0 Å². The Morgan fingerprint density at radius 1 is 1.13 bits per heavy atom. The van der Waals surface area contributed by atoms with Crippen molar-refractivity contribution in [3.8, 4) is 0 Å². The highest BCUT2D eigenvalue weighted by atomic mass is 19.1. The van der Waals surface area contributed by atoms with Crippen LogP contribution in [0.25, 0.3) is 0 Å². The molecule has 10 nitrogen and oxygen atoms in total. The molecule has 0 bridgehead atoms. The van der Waals surface area contributed by atoms with Gasteiger partial charge in [-0.25, -0.2) is 18.4 Å². The third kappa shape index (κ3) is 4.23. The molecule has 3 heterocycles. The minimum atomic E-state index is -1.05. The normalized spacial score (nSPS) is 21.8. The van der Waals surface area contributed by atoms with E-state index in [-0.39, 0.29) is 43.2 Å². The highest BCUT2D eigenvalue weighted by Crippen LogP contribution is 2.33. The molecule has 1 unspecified atom stereocenters. The number of halogens is 2. The largest absolute Gasteiger partial charge is 0.442 e. The lowest BCUT2D eigenvalue weighted by atomic mass is 9.89. The summed E-state index contributed by atoms with van der Waals surface area (Å²) in [6.45, 7) is 1.14. The third-order valence-electron chi connectivity index (χ3n) is 5.65. The van der Waals surface area contributed by atoms with E-state index in [0.717, 1.165) is 12.1 Å². The monoisotopic (exact) mass is 437 g/mol. The zero-order valence-electron chi connectivity index (χ0n) is 16.4. The van der Waals surface area contributed by atoms with Crippen LogP contribution in [0.4, 0.5) is 24.1 Å². The van der Waals surface area contributed by atoms with Crippen molar-refractivity contribution >= 4 is 29.6 Å². The van der Waals surface area contributed by atoms with Crippen LogP contribution in [-0.2, 0) is 14.3 Å². The summed E-state index contributed by atoms with van der Waals surface area (Å²) in [6, 6.07) is 1.45. The molecule has 4 N–H and O–H groups in total. The summed E-state index contributed by atoms with van der Waals surface area (Å²) in [5.41, 5.74) is 5.03. The van der Waals surface area contributed by atoms with Gasteiger partial charge in [0, 0.05) is 30.8 Å². The summed E-state index contributed by atoms with van der Waals surface area (Å²) in [4.78, 5) is 49.0. The number of nitrogens with one attached hydrogen (secondary N) is 2. The number of nitrogens with zero attached hydrogens (tertiary/aromatic N) is 2. The van der Waals surface area contributed by atoms with E-state index in [4.69, 9.17) is 10.5 Å². The van der Waals surface area contributed by atoms with Crippen LogP contribution in [0.15, 0.2) is 12.1 Å². The Morgan fingerprint density at radius 3 is 2.35 bits per heavy atom. The molecule has 12 heteroatoms. The van der Waals surface area contributed by atoms with Gasteiger partial charge in [0.2, 0.25) is 11.8 Å². The number of amides is 5. The number of carbonyl (C=O) groups is 4. The standard InChI is InChI=1S/C19H21F2N5O5/c20-13-3-10(4-14(21)16(13)12-1-2-15(27)24-17(12)28)25-5-9(6-25)23-19(30)31-11-7-26(8-11)18(22)29/h3-4,9,11-12H,1-2,5-8H2,(H2,22,29)(H,23,30)(H,24,27,28).